The quantitative estimate of drug-likeness (QED) is 0.553. The number of nitrogens with one attached hydrogen (secondary N) is 2. The van der Waals surface area contributed by atoms with Crippen LogP contribution >= 0.6 is 22.9 Å². The van der Waals surface area contributed by atoms with E-state index in [0.717, 1.165) is 11.3 Å². The summed E-state index contributed by atoms with van der Waals surface area (Å²) in [7, 11) is -2.71. The highest BCUT2D eigenvalue weighted by molar-refractivity contribution is 7.92. The van der Waals surface area contributed by atoms with Crippen molar-refractivity contribution in [3.05, 3.63) is 70.2 Å². The monoisotopic (exact) mass is 451 g/mol. The van der Waals surface area contributed by atoms with Crippen molar-refractivity contribution in [2.24, 2.45) is 0 Å². The first kappa shape index (κ1) is 20.8. The number of sulfonamides is 1. The normalized spacial score (nSPS) is 11.0. The van der Waals surface area contributed by atoms with Crippen LogP contribution in [0, 0.1) is 0 Å². The fourth-order valence-corrected chi connectivity index (χ4v) is 4.16. The molecule has 2 N–H and O–H groups in total. The average Bonchev–Trinajstić information content (AvgIpc) is 3.16. The zero-order chi connectivity index (χ0) is 21.0. The summed E-state index contributed by atoms with van der Waals surface area (Å²) in [6.07, 6.45) is 0. The number of hydrogen-bond acceptors (Lipinski definition) is 7. The standard InChI is InChI=1S/C18H14ClN3O5S2/c1-27-17(24)15-10-28-18(20-15)21-16(23)13-4-2-3-5-14(13)22-29(25,26)12-8-6-11(19)7-9-12/h2-10,22H,1H3,(H,20,21,23). The van der Waals surface area contributed by atoms with Gasteiger partial charge in [-0.25, -0.2) is 18.2 Å². The molecule has 0 radical (unpaired) electrons. The number of amides is 1. The van der Waals surface area contributed by atoms with Gasteiger partial charge in [-0.3, -0.25) is 14.8 Å². The van der Waals surface area contributed by atoms with Gasteiger partial charge in [0.05, 0.1) is 23.3 Å². The number of benzene rings is 2. The van der Waals surface area contributed by atoms with E-state index in [2.05, 4.69) is 19.8 Å². The highest BCUT2D eigenvalue weighted by Crippen LogP contribution is 2.23. The third-order valence-corrected chi connectivity index (χ3v) is 6.05. The van der Waals surface area contributed by atoms with Gasteiger partial charge in [0.1, 0.15) is 0 Å². The van der Waals surface area contributed by atoms with Gasteiger partial charge < -0.3 is 4.74 Å². The number of carbonyl (C=O) groups excluding carboxylic acids is 2. The largest absolute Gasteiger partial charge is 0.464 e. The minimum Gasteiger partial charge on any atom is -0.464 e. The second kappa shape index (κ2) is 8.60. The molecule has 0 saturated carbocycles. The molecule has 29 heavy (non-hydrogen) atoms. The van der Waals surface area contributed by atoms with Crippen LogP contribution in [0.1, 0.15) is 20.8 Å². The van der Waals surface area contributed by atoms with Crippen molar-refractivity contribution >= 4 is 55.7 Å². The Morgan fingerprint density at radius 2 is 1.79 bits per heavy atom. The number of esters is 1. The van der Waals surface area contributed by atoms with E-state index in [9.17, 15) is 18.0 Å². The van der Waals surface area contributed by atoms with Crippen molar-refractivity contribution in [3.8, 4) is 0 Å². The van der Waals surface area contributed by atoms with Crippen LogP contribution in [0.4, 0.5) is 10.8 Å². The molecule has 150 valence electrons. The number of carbonyl (C=O) groups is 2. The molecule has 0 spiro atoms. The first-order chi connectivity index (χ1) is 13.8. The van der Waals surface area contributed by atoms with Crippen LogP contribution in [0.2, 0.25) is 5.02 Å². The zero-order valence-electron chi connectivity index (χ0n) is 14.9. The van der Waals surface area contributed by atoms with Crippen LogP contribution in [0.15, 0.2) is 58.8 Å². The van der Waals surface area contributed by atoms with E-state index in [1.807, 2.05) is 0 Å². The molecule has 0 aliphatic carbocycles. The molecule has 0 aliphatic heterocycles. The topological polar surface area (TPSA) is 114 Å². The number of para-hydroxylation sites is 1. The molecule has 1 heterocycles. The van der Waals surface area contributed by atoms with Gasteiger partial charge in [-0.1, -0.05) is 23.7 Å². The minimum atomic E-state index is -3.93. The van der Waals surface area contributed by atoms with E-state index >= 15 is 0 Å². The lowest BCUT2D eigenvalue weighted by Crippen LogP contribution is -2.18. The van der Waals surface area contributed by atoms with Crippen LogP contribution in [0.25, 0.3) is 0 Å². The number of nitrogens with zero attached hydrogens (tertiary/aromatic N) is 1. The number of anilines is 2. The predicted octanol–water partition coefficient (Wildman–Crippen LogP) is 3.64. The van der Waals surface area contributed by atoms with Crippen LogP contribution in [0.5, 0.6) is 0 Å². The second-order valence-electron chi connectivity index (χ2n) is 5.59. The maximum absolute atomic E-state index is 12.6. The van der Waals surface area contributed by atoms with Crippen molar-refractivity contribution < 1.29 is 22.7 Å². The molecular formula is C18H14ClN3O5S2. The molecule has 0 unspecified atom stereocenters. The van der Waals surface area contributed by atoms with E-state index in [-0.39, 0.29) is 27.0 Å². The number of rotatable bonds is 6. The van der Waals surface area contributed by atoms with Crippen molar-refractivity contribution in [3.63, 3.8) is 0 Å². The molecule has 1 aromatic heterocycles. The third kappa shape index (κ3) is 4.91. The Balaban J connectivity index is 1.83. The summed E-state index contributed by atoms with van der Waals surface area (Å²) in [6, 6.07) is 11.7. The maximum atomic E-state index is 12.6. The van der Waals surface area contributed by atoms with Crippen LogP contribution in [-0.2, 0) is 14.8 Å². The molecule has 0 bridgehead atoms. The molecule has 0 saturated heterocycles. The second-order valence-corrected chi connectivity index (χ2v) is 8.57. The number of hydrogen-bond donors (Lipinski definition) is 2. The van der Waals surface area contributed by atoms with Crippen molar-refractivity contribution in [2.75, 3.05) is 17.1 Å². The van der Waals surface area contributed by atoms with Crippen LogP contribution in [0.3, 0.4) is 0 Å². The SMILES string of the molecule is COC(=O)c1csc(NC(=O)c2ccccc2NS(=O)(=O)c2ccc(Cl)cc2)n1. The lowest BCUT2D eigenvalue weighted by Gasteiger charge is -2.12. The van der Waals surface area contributed by atoms with E-state index in [1.54, 1.807) is 12.1 Å². The molecule has 0 atom stereocenters. The Kier molecular flexibility index (Phi) is 6.16. The number of ether oxygens (including phenoxy) is 1. The summed E-state index contributed by atoms with van der Waals surface area (Å²) in [4.78, 5) is 28.1. The number of aromatic nitrogens is 1. The van der Waals surface area contributed by atoms with Gasteiger partial charge in [-0.2, -0.15) is 0 Å². The highest BCUT2D eigenvalue weighted by atomic mass is 35.5. The molecule has 8 nitrogen and oxygen atoms in total. The number of thiazole rings is 1. The molecule has 3 rings (SSSR count). The lowest BCUT2D eigenvalue weighted by atomic mass is 10.2. The zero-order valence-corrected chi connectivity index (χ0v) is 17.3. The summed E-state index contributed by atoms with van der Waals surface area (Å²) in [5.74, 6) is -1.22. The van der Waals surface area contributed by atoms with Gasteiger partial charge in [-0.05, 0) is 36.4 Å². The Morgan fingerprint density at radius 1 is 1.10 bits per heavy atom. The highest BCUT2D eigenvalue weighted by Gasteiger charge is 2.20. The molecule has 0 aliphatic rings. The smallest absolute Gasteiger partial charge is 0.357 e. The first-order valence-electron chi connectivity index (χ1n) is 8.03. The summed E-state index contributed by atoms with van der Waals surface area (Å²) in [6.45, 7) is 0. The fourth-order valence-electron chi connectivity index (χ4n) is 2.28. The van der Waals surface area contributed by atoms with Crippen molar-refractivity contribution in [1.29, 1.82) is 0 Å². The van der Waals surface area contributed by atoms with Crippen LogP contribution in [-0.4, -0.2) is 32.4 Å². The molecule has 1 amide bonds. The molecule has 0 fully saturated rings. The predicted molar refractivity (Wildman–Crippen MR) is 110 cm³/mol. The lowest BCUT2D eigenvalue weighted by molar-refractivity contribution is 0.0594. The Hall–Kier alpha value is -2.95. The van der Waals surface area contributed by atoms with E-state index < -0.39 is 21.9 Å². The van der Waals surface area contributed by atoms with E-state index in [4.69, 9.17) is 11.6 Å². The van der Waals surface area contributed by atoms with Gasteiger partial charge in [0, 0.05) is 10.4 Å². The molecule has 11 heteroatoms. The van der Waals surface area contributed by atoms with Gasteiger partial charge >= 0.3 is 5.97 Å². The number of halogens is 1. The molecule has 3 aromatic rings. The minimum absolute atomic E-state index is 0.000227. The Morgan fingerprint density at radius 3 is 2.48 bits per heavy atom. The Labute approximate surface area is 175 Å². The molecular weight excluding hydrogens is 438 g/mol. The summed E-state index contributed by atoms with van der Waals surface area (Å²) >= 11 is 6.83. The average molecular weight is 452 g/mol. The third-order valence-electron chi connectivity index (χ3n) is 3.66. The molecule has 2 aromatic carbocycles. The van der Waals surface area contributed by atoms with Crippen LogP contribution < -0.4 is 10.0 Å². The van der Waals surface area contributed by atoms with E-state index in [1.165, 1.54) is 48.9 Å². The van der Waals surface area contributed by atoms with E-state index in [0.29, 0.717) is 5.02 Å². The summed E-state index contributed by atoms with van der Waals surface area (Å²) in [5.41, 5.74) is 0.231. The van der Waals surface area contributed by atoms with Gasteiger partial charge in [0.2, 0.25) is 0 Å². The summed E-state index contributed by atoms with van der Waals surface area (Å²) < 4.78 is 32.2. The van der Waals surface area contributed by atoms with Gasteiger partial charge in [0.15, 0.2) is 10.8 Å². The maximum Gasteiger partial charge on any atom is 0.357 e. The Bertz CT molecular complexity index is 1160. The first-order valence-corrected chi connectivity index (χ1v) is 10.8. The summed E-state index contributed by atoms with van der Waals surface area (Å²) in [5, 5.41) is 4.55. The van der Waals surface area contributed by atoms with Gasteiger partial charge in [-0.15, -0.1) is 11.3 Å². The number of methoxy groups -OCH3 is 1. The van der Waals surface area contributed by atoms with Crippen molar-refractivity contribution in [2.45, 2.75) is 4.90 Å². The van der Waals surface area contributed by atoms with Gasteiger partial charge in [0.25, 0.3) is 15.9 Å². The fraction of sp³-hybridized carbons (Fsp3) is 0.0556. The van der Waals surface area contributed by atoms with Crippen molar-refractivity contribution in [1.82, 2.24) is 4.98 Å².